The average Bonchev–Trinajstić information content (AvgIpc) is 3.16. The lowest BCUT2D eigenvalue weighted by Gasteiger charge is -2.34. The fraction of sp³-hybridized carbons (Fsp3) is 0.522. The molecule has 180 valence electrons. The van der Waals surface area contributed by atoms with Crippen LogP contribution >= 0.6 is 11.6 Å². The van der Waals surface area contributed by atoms with E-state index >= 15 is 0 Å². The molecule has 1 amide bonds. The van der Waals surface area contributed by atoms with E-state index in [1.807, 2.05) is 0 Å². The van der Waals surface area contributed by atoms with Gasteiger partial charge in [-0.2, -0.15) is 4.98 Å². The van der Waals surface area contributed by atoms with Gasteiger partial charge in [0.05, 0.1) is 23.1 Å². The molecule has 3 aromatic heterocycles. The lowest BCUT2D eigenvalue weighted by Crippen LogP contribution is -2.41. The van der Waals surface area contributed by atoms with Crippen LogP contribution in [-0.2, 0) is 9.53 Å². The SMILES string of the molecule is CC1(Nc2ncc3nc(Nc4cncc(Cl)c4)n(C4CCC(C(N)=O)CC4)c3n2)CCOCC1. The van der Waals surface area contributed by atoms with Crippen molar-refractivity contribution in [3.05, 3.63) is 29.7 Å². The van der Waals surface area contributed by atoms with Crippen LogP contribution in [0.1, 0.15) is 51.5 Å². The van der Waals surface area contributed by atoms with Gasteiger partial charge < -0.3 is 21.1 Å². The van der Waals surface area contributed by atoms with E-state index in [1.54, 1.807) is 24.7 Å². The van der Waals surface area contributed by atoms with Crippen LogP contribution in [0.3, 0.4) is 0 Å². The quantitative estimate of drug-likeness (QED) is 0.481. The van der Waals surface area contributed by atoms with Crippen molar-refractivity contribution in [1.82, 2.24) is 24.5 Å². The minimum absolute atomic E-state index is 0.0834. The maximum Gasteiger partial charge on any atom is 0.225 e. The standard InChI is InChI=1S/C23H29ClN8O2/c1-23(6-8-34-9-7-23)31-21-27-13-18-20(30-21)32(17-4-2-14(3-5-17)19(25)33)22(29-18)28-16-10-15(24)11-26-12-16/h10-14,17H,2-9H2,1H3,(H2,25,33)(H,28,29)(H,27,30,31). The van der Waals surface area contributed by atoms with Crippen molar-refractivity contribution in [3.8, 4) is 0 Å². The van der Waals surface area contributed by atoms with Crippen LogP contribution in [0, 0.1) is 5.92 Å². The van der Waals surface area contributed by atoms with Crippen LogP contribution in [0.5, 0.6) is 0 Å². The topological polar surface area (TPSA) is 133 Å². The summed E-state index contributed by atoms with van der Waals surface area (Å²) in [7, 11) is 0. The predicted octanol–water partition coefficient (Wildman–Crippen LogP) is 3.82. The van der Waals surface area contributed by atoms with Crippen LogP contribution in [0.25, 0.3) is 11.2 Å². The summed E-state index contributed by atoms with van der Waals surface area (Å²) < 4.78 is 7.63. The van der Waals surface area contributed by atoms with E-state index in [4.69, 9.17) is 32.0 Å². The highest BCUT2D eigenvalue weighted by atomic mass is 35.5. The van der Waals surface area contributed by atoms with Crippen LogP contribution < -0.4 is 16.4 Å². The lowest BCUT2D eigenvalue weighted by molar-refractivity contribution is -0.122. The summed E-state index contributed by atoms with van der Waals surface area (Å²) in [6.07, 6.45) is 9.91. The van der Waals surface area contributed by atoms with Gasteiger partial charge in [0.1, 0.15) is 5.52 Å². The molecule has 4 heterocycles. The maximum absolute atomic E-state index is 11.7. The third kappa shape index (κ3) is 4.78. The molecule has 5 rings (SSSR count). The number of anilines is 3. The molecule has 3 aromatic rings. The van der Waals surface area contributed by atoms with Gasteiger partial charge in [-0.1, -0.05) is 11.6 Å². The maximum atomic E-state index is 11.7. The number of carbonyl (C=O) groups is 1. The van der Waals surface area contributed by atoms with Crippen LogP contribution in [0.2, 0.25) is 5.02 Å². The van der Waals surface area contributed by atoms with Crippen LogP contribution in [0.15, 0.2) is 24.7 Å². The van der Waals surface area contributed by atoms with Crippen molar-refractivity contribution >= 4 is 46.3 Å². The fourth-order valence-electron chi connectivity index (χ4n) is 4.83. The van der Waals surface area contributed by atoms with Gasteiger partial charge in [0, 0.05) is 36.9 Å². The zero-order valence-corrected chi connectivity index (χ0v) is 19.9. The molecule has 34 heavy (non-hydrogen) atoms. The summed E-state index contributed by atoms with van der Waals surface area (Å²) in [5, 5.41) is 7.40. The number of rotatable bonds is 6. The number of nitrogens with one attached hydrogen (secondary N) is 2. The molecule has 0 atom stereocenters. The molecule has 0 radical (unpaired) electrons. The van der Waals surface area contributed by atoms with Gasteiger partial charge in [-0.15, -0.1) is 0 Å². The number of ether oxygens (including phenoxy) is 1. The van der Waals surface area contributed by atoms with Gasteiger partial charge in [0.2, 0.25) is 17.8 Å². The molecular formula is C23H29ClN8O2. The van der Waals surface area contributed by atoms with E-state index in [2.05, 4.69) is 32.1 Å². The lowest BCUT2D eigenvalue weighted by atomic mass is 9.85. The predicted molar refractivity (Wildman–Crippen MR) is 130 cm³/mol. The molecule has 2 fully saturated rings. The zero-order valence-electron chi connectivity index (χ0n) is 19.1. The second-order valence-corrected chi connectivity index (χ2v) is 9.87. The number of hydrogen-bond donors (Lipinski definition) is 3. The third-order valence-corrected chi connectivity index (χ3v) is 7.07. The Bertz CT molecular complexity index is 1180. The first-order chi connectivity index (χ1) is 16.4. The molecule has 4 N–H and O–H groups in total. The van der Waals surface area contributed by atoms with E-state index in [0.717, 1.165) is 49.9 Å². The normalized spacial score (nSPS) is 22.4. The number of aromatic nitrogens is 5. The summed E-state index contributed by atoms with van der Waals surface area (Å²) in [6, 6.07) is 1.92. The number of halogens is 1. The molecule has 0 bridgehead atoms. The number of nitrogens with two attached hydrogens (primary N) is 1. The van der Waals surface area contributed by atoms with E-state index in [0.29, 0.717) is 35.6 Å². The molecule has 2 aliphatic rings. The molecule has 0 unspecified atom stereocenters. The number of carbonyl (C=O) groups excluding carboxylic acids is 1. The minimum atomic E-state index is -0.226. The van der Waals surface area contributed by atoms with E-state index < -0.39 is 0 Å². The third-order valence-electron chi connectivity index (χ3n) is 6.87. The van der Waals surface area contributed by atoms with Gasteiger partial charge in [-0.25, -0.2) is 9.97 Å². The van der Waals surface area contributed by atoms with Gasteiger partial charge in [-0.05, 0) is 51.5 Å². The monoisotopic (exact) mass is 484 g/mol. The number of amides is 1. The Labute approximate surface area is 202 Å². The number of fused-ring (bicyclic) bond motifs is 1. The highest BCUT2D eigenvalue weighted by Gasteiger charge is 2.31. The van der Waals surface area contributed by atoms with Gasteiger partial charge >= 0.3 is 0 Å². The zero-order chi connectivity index (χ0) is 23.7. The van der Waals surface area contributed by atoms with Crippen molar-refractivity contribution in [3.63, 3.8) is 0 Å². The number of pyridine rings is 1. The molecule has 1 saturated heterocycles. The first-order valence-corrected chi connectivity index (χ1v) is 12.1. The Hall–Kier alpha value is -2.98. The van der Waals surface area contributed by atoms with Gasteiger partial charge in [-0.3, -0.25) is 14.3 Å². The molecule has 1 saturated carbocycles. The first kappa shape index (κ1) is 22.8. The number of imidazole rings is 1. The van der Waals surface area contributed by atoms with Crippen molar-refractivity contribution in [1.29, 1.82) is 0 Å². The van der Waals surface area contributed by atoms with Crippen molar-refractivity contribution in [2.45, 2.75) is 57.0 Å². The second-order valence-electron chi connectivity index (χ2n) is 9.43. The average molecular weight is 485 g/mol. The summed E-state index contributed by atoms with van der Waals surface area (Å²) >= 11 is 6.14. The van der Waals surface area contributed by atoms with Crippen molar-refractivity contribution in [2.24, 2.45) is 11.7 Å². The molecular weight excluding hydrogens is 456 g/mol. The van der Waals surface area contributed by atoms with Gasteiger partial charge in [0.15, 0.2) is 5.65 Å². The Morgan fingerprint density at radius 3 is 2.65 bits per heavy atom. The Balaban J connectivity index is 1.51. The van der Waals surface area contributed by atoms with Crippen LogP contribution in [0.4, 0.5) is 17.6 Å². The highest BCUT2D eigenvalue weighted by molar-refractivity contribution is 6.30. The van der Waals surface area contributed by atoms with E-state index in [-0.39, 0.29) is 23.4 Å². The summed E-state index contributed by atoms with van der Waals surface area (Å²) in [6.45, 7) is 3.60. The first-order valence-electron chi connectivity index (χ1n) is 11.7. The summed E-state index contributed by atoms with van der Waals surface area (Å²) in [4.78, 5) is 30.1. The minimum Gasteiger partial charge on any atom is -0.381 e. The molecule has 0 aromatic carbocycles. The van der Waals surface area contributed by atoms with E-state index in [1.165, 1.54) is 0 Å². The second kappa shape index (κ2) is 9.34. The fourth-order valence-corrected chi connectivity index (χ4v) is 5.00. The van der Waals surface area contributed by atoms with Crippen molar-refractivity contribution in [2.75, 3.05) is 23.8 Å². The Morgan fingerprint density at radius 2 is 1.94 bits per heavy atom. The largest absolute Gasteiger partial charge is 0.381 e. The molecule has 1 aliphatic carbocycles. The molecule has 1 aliphatic heterocycles. The smallest absolute Gasteiger partial charge is 0.225 e. The number of primary amides is 1. The molecule has 0 spiro atoms. The number of hydrogen-bond acceptors (Lipinski definition) is 8. The van der Waals surface area contributed by atoms with E-state index in [9.17, 15) is 4.79 Å². The van der Waals surface area contributed by atoms with Crippen LogP contribution in [-0.4, -0.2) is 49.2 Å². The molecule has 11 heteroatoms. The highest BCUT2D eigenvalue weighted by Crippen LogP contribution is 2.37. The number of nitrogens with zero attached hydrogens (tertiary/aromatic N) is 5. The Kier molecular flexibility index (Phi) is 6.26. The Morgan fingerprint density at radius 1 is 1.18 bits per heavy atom. The van der Waals surface area contributed by atoms with Crippen molar-refractivity contribution < 1.29 is 9.53 Å². The summed E-state index contributed by atoms with van der Waals surface area (Å²) in [5.74, 6) is 0.904. The van der Waals surface area contributed by atoms with Gasteiger partial charge in [0.25, 0.3) is 0 Å². The molecule has 10 nitrogen and oxygen atoms in total. The summed E-state index contributed by atoms with van der Waals surface area (Å²) in [5.41, 5.74) is 7.61.